The molecule has 2 N–H and O–H groups in total. The van der Waals surface area contributed by atoms with E-state index in [0.29, 0.717) is 5.92 Å². The van der Waals surface area contributed by atoms with Gasteiger partial charge >= 0.3 is 0 Å². The Bertz CT molecular complexity index is 635. The minimum Gasteiger partial charge on any atom is -0.391 e. The molecule has 0 spiro atoms. The Morgan fingerprint density at radius 2 is 1.52 bits per heavy atom. The fourth-order valence-corrected chi connectivity index (χ4v) is 3.98. The average molecular weight is 338 g/mol. The summed E-state index contributed by atoms with van der Waals surface area (Å²) in [6.45, 7) is 4.28. The van der Waals surface area contributed by atoms with Gasteiger partial charge < -0.3 is 10.4 Å². The Hall–Kier alpha value is -1.71. The predicted octanol–water partition coefficient (Wildman–Crippen LogP) is 4.73. The van der Waals surface area contributed by atoms with Crippen LogP contribution in [0.15, 0.2) is 48.8 Å². The van der Waals surface area contributed by atoms with Crippen LogP contribution in [0, 0.1) is 5.92 Å². The first-order valence-corrected chi connectivity index (χ1v) is 9.59. The van der Waals surface area contributed by atoms with Gasteiger partial charge in [-0.15, -0.1) is 0 Å². The number of benzene rings is 1. The molecule has 1 aromatic carbocycles. The Morgan fingerprint density at radius 3 is 2.16 bits per heavy atom. The zero-order chi connectivity index (χ0) is 17.6. The number of nitrogens with one attached hydrogen (secondary N) is 1. The molecule has 1 aliphatic rings. The van der Waals surface area contributed by atoms with E-state index in [1.54, 1.807) is 0 Å². The molecule has 0 aliphatic heterocycles. The largest absolute Gasteiger partial charge is 0.391 e. The van der Waals surface area contributed by atoms with E-state index < -0.39 is 0 Å². The molecule has 3 rings (SSSR count). The third kappa shape index (κ3) is 4.68. The van der Waals surface area contributed by atoms with Crippen molar-refractivity contribution in [2.24, 2.45) is 5.92 Å². The van der Waals surface area contributed by atoms with E-state index in [-0.39, 0.29) is 18.2 Å². The van der Waals surface area contributed by atoms with E-state index in [0.717, 1.165) is 0 Å². The summed E-state index contributed by atoms with van der Waals surface area (Å²) >= 11 is 0. The summed E-state index contributed by atoms with van der Waals surface area (Å²) in [4.78, 5) is 4.07. The number of nitrogens with zero attached hydrogens (tertiary/aromatic N) is 1. The fraction of sp³-hybridized carbons (Fsp3) is 0.500. The standard InChI is InChI=1S/C22H30N2O/c1-16(24-17(2)22(25)21-6-4-3-5-7-21)18-8-10-19(11-9-18)20-12-14-23-15-13-20/h8-17,21-22,24-25H,3-7H2,1-2H3. The molecule has 2 aromatic rings. The molecule has 3 heteroatoms. The second-order valence-corrected chi connectivity index (χ2v) is 7.42. The highest BCUT2D eigenvalue weighted by molar-refractivity contribution is 5.62. The van der Waals surface area contributed by atoms with Crippen LogP contribution in [-0.4, -0.2) is 22.2 Å². The van der Waals surface area contributed by atoms with Crippen molar-refractivity contribution in [2.45, 2.75) is 64.1 Å². The zero-order valence-electron chi connectivity index (χ0n) is 15.4. The summed E-state index contributed by atoms with van der Waals surface area (Å²) in [5.41, 5.74) is 3.64. The number of aliphatic hydroxyl groups excluding tert-OH is 1. The first kappa shape index (κ1) is 18.1. The molecular weight excluding hydrogens is 308 g/mol. The minimum atomic E-state index is -0.251. The third-order valence-electron chi connectivity index (χ3n) is 5.58. The van der Waals surface area contributed by atoms with Crippen molar-refractivity contribution in [3.63, 3.8) is 0 Å². The van der Waals surface area contributed by atoms with Crippen LogP contribution in [0.4, 0.5) is 0 Å². The van der Waals surface area contributed by atoms with E-state index in [9.17, 15) is 5.11 Å². The van der Waals surface area contributed by atoms with Gasteiger partial charge in [0.05, 0.1) is 6.10 Å². The first-order chi connectivity index (χ1) is 12.1. The average Bonchev–Trinajstić information content (AvgIpc) is 2.68. The maximum absolute atomic E-state index is 10.7. The Kier molecular flexibility index (Phi) is 6.22. The van der Waals surface area contributed by atoms with Crippen LogP contribution in [-0.2, 0) is 0 Å². The Morgan fingerprint density at radius 1 is 0.920 bits per heavy atom. The fourth-order valence-electron chi connectivity index (χ4n) is 3.98. The first-order valence-electron chi connectivity index (χ1n) is 9.59. The molecule has 0 amide bonds. The van der Waals surface area contributed by atoms with Crippen LogP contribution in [0.3, 0.4) is 0 Å². The predicted molar refractivity (Wildman–Crippen MR) is 103 cm³/mol. The second kappa shape index (κ2) is 8.59. The van der Waals surface area contributed by atoms with E-state index in [1.165, 1.54) is 48.8 Å². The van der Waals surface area contributed by atoms with E-state index in [4.69, 9.17) is 0 Å². The van der Waals surface area contributed by atoms with Crippen molar-refractivity contribution in [1.82, 2.24) is 10.3 Å². The highest BCUT2D eigenvalue weighted by Crippen LogP contribution is 2.28. The lowest BCUT2D eigenvalue weighted by Gasteiger charge is -2.32. The molecule has 1 saturated carbocycles. The molecule has 25 heavy (non-hydrogen) atoms. The summed E-state index contributed by atoms with van der Waals surface area (Å²) in [7, 11) is 0. The number of rotatable bonds is 6. The van der Waals surface area contributed by atoms with Crippen LogP contribution in [0.5, 0.6) is 0 Å². The number of hydrogen-bond acceptors (Lipinski definition) is 3. The topological polar surface area (TPSA) is 45.1 Å². The van der Waals surface area contributed by atoms with Gasteiger partial charge in [0.2, 0.25) is 0 Å². The summed E-state index contributed by atoms with van der Waals surface area (Å²) in [5, 5.41) is 14.3. The monoisotopic (exact) mass is 338 g/mol. The van der Waals surface area contributed by atoms with Crippen molar-refractivity contribution in [2.75, 3.05) is 0 Å². The quantitative estimate of drug-likeness (QED) is 0.800. The molecule has 0 saturated heterocycles. The smallest absolute Gasteiger partial charge is 0.0718 e. The maximum Gasteiger partial charge on any atom is 0.0718 e. The van der Waals surface area contributed by atoms with Gasteiger partial charge in [-0.25, -0.2) is 0 Å². The van der Waals surface area contributed by atoms with Crippen molar-refractivity contribution in [3.05, 3.63) is 54.4 Å². The van der Waals surface area contributed by atoms with Crippen LogP contribution >= 0.6 is 0 Å². The lowest BCUT2D eigenvalue weighted by molar-refractivity contribution is 0.0523. The van der Waals surface area contributed by atoms with Gasteiger partial charge in [-0.05, 0) is 61.4 Å². The van der Waals surface area contributed by atoms with Gasteiger partial charge in [0.15, 0.2) is 0 Å². The number of pyridine rings is 1. The molecule has 1 fully saturated rings. The lowest BCUT2D eigenvalue weighted by atomic mass is 9.83. The van der Waals surface area contributed by atoms with Gasteiger partial charge in [0.25, 0.3) is 0 Å². The lowest BCUT2D eigenvalue weighted by Crippen LogP contribution is -2.43. The summed E-state index contributed by atoms with van der Waals surface area (Å²) in [6, 6.07) is 13.0. The van der Waals surface area contributed by atoms with Crippen LogP contribution in [0.2, 0.25) is 0 Å². The van der Waals surface area contributed by atoms with Crippen LogP contribution in [0.1, 0.15) is 57.6 Å². The highest BCUT2D eigenvalue weighted by atomic mass is 16.3. The van der Waals surface area contributed by atoms with Crippen molar-refractivity contribution >= 4 is 0 Å². The molecule has 0 bridgehead atoms. The molecule has 134 valence electrons. The normalized spacial score (nSPS) is 19.3. The van der Waals surface area contributed by atoms with E-state index in [2.05, 4.69) is 48.4 Å². The van der Waals surface area contributed by atoms with Crippen LogP contribution in [0.25, 0.3) is 11.1 Å². The molecule has 3 nitrogen and oxygen atoms in total. The van der Waals surface area contributed by atoms with Gasteiger partial charge in [-0.3, -0.25) is 4.98 Å². The number of aromatic nitrogens is 1. The molecule has 3 unspecified atom stereocenters. The second-order valence-electron chi connectivity index (χ2n) is 7.42. The zero-order valence-corrected chi connectivity index (χ0v) is 15.4. The van der Waals surface area contributed by atoms with Crippen molar-refractivity contribution in [3.8, 4) is 11.1 Å². The molecule has 0 radical (unpaired) electrons. The number of aliphatic hydroxyl groups is 1. The summed E-state index contributed by atoms with van der Waals surface area (Å²) in [5.74, 6) is 0.456. The Labute approximate surface area is 151 Å². The van der Waals surface area contributed by atoms with Gasteiger partial charge in [0.1, 0.15) is 0 Å². The number of hydrogen-bond donors (Lipinski definition) is 2. The molecule has 1 aromatic heterocycles. The molecule has 3 atom stereocenters. The van der Waals surface area contributed by atoms with E-state index >= 15 is 0 Å². The van der Waals surface area contributed by atoms with Crippen LogP contribution < -0.4 is 5.32 Å². The maximum atomic E-state index is 10.7. The summed E-state index contributed by atoms with van der Waals surface area (Å²) < 4.78 is 0. The van der Waals surface area contributed by atoms with Crippen molar-refractivity contribution < 1.29 is 5.11 Å². The summed E-state index contributed by atoms with van der Waals surface area (Å²) in [6.07, 6.45) is 9.58. The van der Waals surface area contributed by atoms with Gasteiger partial charge in [-0.1, -0.05) is 43.5 Å². The Balaban J connectivity index is 1.59. The van der Waals surface area contributed by atoms with Crippen molar-refractivity contribution in [1.29, 1.82) is 0 Å². The molecule has 1 aliphatic carbocycles. The third-order valence-corrected chi connectivity index (χ3v) is 5.58. The minimum absolute atomic E-state index is 0.109. The van der Waals surface area contributed by atoms with E-state index in [1.807, 2.05) is 24.5 Å². The SMILES string of the molecule is CC(NC(C)C(O)C1CCCCC1)c1ccc(-c2ccncc2)cc1. The van der Waals surface area contributed by atoms with Gasteiger partial charge in [-0.2, -0.15) is 0 Å². The molecular formula is C22H30N2O. The highest BCUT2D eigenvalue weighted by Gasteiger charge is 2.27. The molecule has 1 heterocycles. The van der Waals surface area contributed by atoms with Gasteiger partial charge in [0, 0.05) is 24.5 Å².